The molecule has 0 aliphatic carbocycles. The van der Waals surface area contributed by atoms with Gasteiger partial charge in [-0.05, 0) is 45.8 Å². The molecule has 0 aromatic heterocycles. The molecule has 6 heteroatoms. The number of ether oxygens (including phenoxy) is 1. The molecule has 0 unspecified atom stereocenters. The van der Waals surface area contributed by atoms with E-state index in [1.54, 1.807) is 18.2 Å². The zero-order valence-electron chi connectivity index (χ0n) is 10.1. The van der Waals surface area contributed by atoms with Crippen molar-refractivity contribution in [3.05, 3.63) is 61.5 Å². The predicted molar refractivity (Wildman–Crippen MR) is 84.6 cm³/mol. The molecule has 0 radical (unpaired) electrons. The summed E-state index contributed by atoms with van der Waals surface area (Å²) in [6.45, 7) is 0.262. The maximum absolute atomic E-state index is 11.2. The van der Waals surface area contributed by atoms with E-state index in [1.807, 2.05) is 12.1 Å². The van der Waals surface area contributed by atoms with Gasteiger partial charge in [-0.1, -0.05) is 39.7 Å². The van der Waals surface area contributed by atoms with E-state index in [1.165, 1.54) is 6.07 Å². The maximum atomic E-state index is 11.2. The van der Waals surface area contributed by atoms with Gasteiger partial charge in [-0.25, -0.2) is 4.79 Å². The fourth-order valence-corrected chi connectivity index (χ4v) is 3.07. The third kappa shape index (κ3) is 3.75. The Morgan fingerprint density at radius 2 is 1.85 bits per heavy atom. The van der Waals surface area contributed by atoms with Crippen LogP contribution in [0.3, 0.4) is 0 Å². The Labute approximate surface area is 137 Å². The zero-order valence-corrected chi connectivity index (χ0v) is 14.0. The lowest BCUT2D eigenvalue weighted by molar-refractivity contribution is 0.0691. The van der Waals surface area contributed by atoms with Crippen LogP contribution in [0.2, 0.25) is 5.02 Å². The van der Waals surface area contributed by atoms with Gasteiger partial charge in [0.05, 0.1) is 4.47 Å². The Morgan fingerprint density at radius 1 is 1.20 bits per heavy atom. The summed E-state index contributed by atoms with van der Waals surface area (Å²) in [6, 6.07) is 10.4. The lowest BCUT2D eigenvalue weighted by Gasteiger charge is -2.12. The summed E-state index contributed by atoms with van der Waals surface area (Å²) < 4.78 is 6.87. The molecule has 1 N–H and O–H groups in total. The van der Waals surface area contributed by atoms with E-state index >= 15 is 0 Å². The molecule has 0 fully saturated rings. The van der Waals surface area contributed by atoms with E-state index in [9.17, 15) is 9.90 Å². The van der Waals surface area contributed by atoms with Crippen LogP contribution in [-0.4, -0.2) is 11.1 Å². The summed E-state index contributed by atoms with van der Waals surface area (Å²) in [7, 11) is 0. The van der Waals surface area contributed by atoms with Crippen molar-refractivity contribution in [1.82, 2.24) is 0 Å². The number of aromatic carboxylic acids is 1. The number of carbonyl (C=O) groups is 1. The second-order valence-electron chi connectivity index (χ2n) is 3.98. The van der Waals surface area contributed by atoms with Crippen LogP contribution in [-0.2, 0) is 6.61 Å². The minimum atomic E-state index is -1.04. The molecule has 0 atom stereocenters. The summed E-state index contributed by atoms with van der Waals surface area (Å²) in [5, 5.41) is 9.85. The molecular weight excluding hydrogens is 411 g/mol. The van der Waals surface area contributed by atoms with Crippen molar-refractivity contribution < 1.29 is 14.6 Å². The fraction of sp³-hybridized carbons (Fsp3) is 0.0714. The molecule has 104 valence electrons. The number of carboxylic acid groups (broad SMARTS) is 1. The van der Waals surface area contributed by atoms with Crippen molar-refractivity contribution in [2.45, 2.75) is 6.61 Å². The molecule has 0 aliphatic rings. The lowest BCUT2D eigenvalue weighted by Crippen LogP contribution is -2.04. The highest BCUT2D eigenvalue weighted by atomic mass is 79.9. The van der Waals surface area contributed by atoms with Crippen LogP contribution in [0.25, 0.3) is 0 Å². The third-order valence-electron chi connectivity index (χ3n) is 2.54. The van der Waals surface area contributed by atoms with Crippen LogP contribution < -0.4 is 4.74 Å². The van der Waals surface area contributed by atoms with Crippen molar-refractivity contribution >= 4 is 49.4 Å². The molecule has 20 heavy (non-hydrogen) atoms. The van der Waals surface area contributed by atoms with Crippen molar-refractivity contribution in [3.8, 4) is 5.75 Å². The molecule has 0 saturated heterocycles. The summed E-state index contributed by atoms with van der Waals surface area (Å²) in [6.07, 6.45) is 0. The molecular formula is C14H9Br2ClO3. The zero-order chi connectivity index (χ0) is 14.7. The van der Waals surface area contributed by atoms with Gasteiger partial charge in [0, 0.05) is 9.50 Å². The van der Waals surface area contributed by atoms with E-state index in [0.29, 0.717) is 19.7 Å². The van der Waals surface area contributed by atoms with Crippen molar-refractivity contribution in [1.29, 1.82) is 0 Å². The standard InChI is InChI=1S/C14H9Br2ClO3/c15-9-5-11(14(18)19)13(12(16)6-9)20-7-8-1-3-10(17)4-2-8/h1-6H,7H2,(H,18,19). The quantitative estimate of drug-likeness (QED) is 0.745. The van der Waals surface area contributed by atoms with Gasteiger partial charge in [-0.15, -0.1) is 0 Å². The monoisotopic (exact) mass is 418 g/mol. The second-order valence-corrected chi connectivity index (χ2v) is 6.19. The Hall–Kier alpha value is -1.04. The minimum Gasteiger partial charge on any atom is -0.487 e. The van der Waals surface area contributed by atoms with Crippen LogP contribution in [0.15, 0.2) is 45.3 Å². The largest absolute Gasteiger partial charge is 0.487 e. The third-order valence-corrected chi connectivity index (χ3v) is 3.83. The first-order chi connectivity index (χ1) is 9.47. The van der Waals surface area contributed by atoms with Crippen molar-refractivity contribution in [3.63, 3.8) is 0 Å². The Bertz CT molecular complexity index is 642. The number of hydrogen-bond donors (Lipinski definition) is 1. The van der Waals surface area contributed by atoms with E-state index in [2.05, 4.69) is 31.9 Å². The normalized spacial score (nSPS) is 10.3. The number of hydrogen-bond acceptors (Lipinski definition) is 2. The highest BCUT2D eigenvalue weighted by molar-refractivity contribution is 9.11. The number of rotatable bonds is 4. The smallest absolute Gasteiger partial charge is 0.339 e. The molecule has 0 spiro atoms. The van der Waals surface area contributed by atoms with Crippen LogP contribution in [0.4, 0.5) is 0 Å². The number of carboxylic acids is 1. The first-order valence-corrected chi connectivity index (χ1v) is 7.53. The topological polar surface area (TPSA) is 46.5 Å². The molecule has 0 amide bonds. The van der Waals surface area contributed by atoms with Crippen molar-refractivity contribution in [2.75, 3.05) is 0 Å². The van der Waals surface area contributed by atoms with E-state index in [4.69, 9.17) is 16.3 Å². The van der Waals surface area contributed by atoms with E-state index < -0.39 is 5.97 Å². The highest BCUT2D eigenvalue weighted by Gasteiger charge is 2.16. The molecule has 2 rings (SSSR count). The second kappa shape index (κ2) is 6.61. The van der Waals surface area contributed by atoms with Gasteiger partial charge in [0.25, 0.3) is 0 Å². The summed E-state index contributed by atoms with van der Waals surface area (Å²) in [5.41, 5.74) is 1.00. The van der Waals surface area contributed by atoms with Crippen LogP contribution in [0, 0.1) is 0 Å². The van der Waals surface area contributed by atoms with Crippen LogP contribution in [0.1, 0.15) is 15.9 Å². The van der Waals surface area contributed by atoms with E-state index in [-0.39, 0.29) is 12.2 Å². The minimum absolute atomic E-state index is 0.0974. The highest BCUT2D eigenvalue weighted by Crippen LogP contribution is 2.33. The Morgan fingerprint density at radius 3 is 2.45 bits per heavy atom. The molecule has 3 nitrogen and oxygen atoms in total. The van der Waals surface area contributed by atoms with Gasteiger partial charge in [0.2, 0.25) is 0 Å². The molecule has 2 aromatic rings. The van der Waals surface area contributed by atoms with Crippen LogP contribution in [0.5, 0.6) is 5.75 Å². The van der Waals surface area contributed by atoms with Gasteiger partial charge in [-0.3, -0.25) is 0 Å². The summed E-state index contributed by atoms with van der Waals surface area (Å²) in [4.78, 5) is 11.2. The average Bonchev–Trinajstić information content (AvgIpc) is 2.38. The predicted octanol–water partition coefficient (Wildman–Crippen LogP) is 5.14. The lowest BCUT2D eigenvalue weighted by atomic mass is 10.2. The Kier molecular flexibility index (Phi) is 5.07. The van der Waals surface area contributed by atoms with E-state index in [0.717, 1.165) is 5.56 Å². The van der Waals surface area contributed by atoms with Gasteiger partial charge in [-0.2, -0.15) is 0 Å². The fourth-order valence-electron chi connectivity index (χ4n) is 1.60. The van der Waals surface area contributed by atoms with Crippen molar-refractivity contribution in [2.24, 2.45) is 0 Å². The molecule has 0 saturated carbocycles. The van der Waals surface area contributed by atoms with Gasteiger partial charge in [0.15, 0.2) is 0 Å². The first-order valence-electron chi connectivity index (χ1n) is 5.57. The SMILES string of the molecule is O=C(O)c1cc(Br)cc(Br)c1OCc1ccc(Cl)cc1. The molecule has 0 bridgehead atoms. The van der Waals surface area contributed by atoms with Crippen LogP contribution >= 0.6 is 43.5 Å². The molecule has 0 heterocycles. The maximum Gasteiger partial charge on any atom is 0.339 e. The average molecular weight is 420 g/mol. The molecule has 0 aliphatic heterocycles. The Balaban J connectivity index is 2.24. The molecule has 2 aromatic carbocycles. The van der Waals surface area contributed by atoms with Gasteiger partial charge in [0.1, 0.15) is 17.9 Å². The summed E-state index contributed by atoms with van der Waals surface area (Å²) in [5.74, 6) is -0.742. The van der Waals surface area contributed by atoms with Gasteiger partial charge >= 0.3 is 5.97 Å². The number of benzene rings is 2. The first kappa shape index (κ1) is 15.4. The van der Waals surface area contributed by atoms with Gasteiger partial charge < -0.3 is 9.84 Å². The summed E-state index contributed by atoms with van der Waals surface area (Å²) >= 11 is 12.4. The number of halogens is 3.